The molecular formula is C11H6ClF2N3O. The Morgan fingerprint density at radius 2 is 2.06 bits per heavy atom. The van der Waals surface area contributed by atoms with Crippen molar-refractivity contribution in [3.63, 3.8) is 0 Å². The van der Waals surface area contributed by atoms with Gasteiger partial charge in [0.2, 0.25) is 0 Å². The molecule has 0 unspecified atom stereocenters. The number of benzene rings is 1. The van der Waals surface area contributed by atoms with Crippen LogP contribution >= 0.6 is 11.6 Å². The maximum Gasteiger partial charge on any atom is 0.387 e. The number of nitrogens with zero attached hydrogens (tertiary/aromatic N) is 2. The zero-order valence-electron chi connectivity index (χ0n) is 8.82. The Bertz CT molecular complexity index is 530. The topological polar surface area (TPSA) is 68.8 Å². The minimum absolute atomic E-state index is 0.0100. The molecular weight excluding hydrogens is 264 g/mol. The standard InChI is InChI=1S/C11H6ClF2N3O/c12-9-3-8(17-6-7(4-15)5-16)1-2-10(9)18-11(13)14/h1-3,6,11,17H. The number of hydrogen-bond acceptors (Lipinski definition) is 4. The Labute approximate surface area is 107 Å². The number of rotatable bonds is 4. The van der Waals surface area contributed by atoms with Crippen molar-refractivity contribution in [2.45, 2.75) is 6.61 Å². The van der Waals surface area contributed by atoms with Crippen LogP contribution in [0.1, 0.15) is 0 Å². The normalized spacial score (nSPS) is 9.22. The van der Waals surface area contributed by atoms with Crippen molar-refractivity contribution in [3.8, 4) is 17.9 Å². The van der Waals surface area contributed by atoms with E-state index >= 15 is 0 Å². The number of nitriles is 2. The maximum atomic E-state index is 12.0. The van der Waals surface area contributed by atoms with Crippen LogP contribution in [0, 0.1) is 22.7 Å². The zero-order valence-corrected chi connectivity index (χ0v) is 9.58. The summed E-state index contributed by atoms with van der Waals surface area (Å²) in [6.45, 7) is -2.95. The fraction of sp³-hybridized carbons (Fsp3) is 0.0909. The van der Waals surface area contributed by atoms with Crippen LogP contribution in [0.4, 0.5) is 14.5 Å². The van der Waals surface area contributed by atoms with Crippen molar-refractivity contribution in [2.24, 2.45) is 0 Å². The van der Waals surface area contributed by atoms with E-state index in [1.54, 1.807) is 12.1 Å². The van der Waals surface area contributed by atoms with E-state index in [1.807, 2.05) is 0 Å². The molecule has 0 fully saturated rings. The first-order valence-corrected chi connectivity index (χ1v) is 4.96. The average Bonchev–Trinajstić information content (AvgIpc) is 2.33. The lowest BCUT2D eigenvalue weighted by molar-refractivity contribution is -0.0497. The zero-order chi connectivity index (χ0) is 13.5. The molecule has 0 aliphatic heterocycles. The second kappa shape index (κ2) is 6.43. The number of ether oxygens (including phenoxy) is 1. The second-order valence-electron chi connectivity index (χ2n) is 2.95. The Morgan fingerprint density at radius 1 is 1.39 bits per heavy atom. The third-order valence-electron chi connectivity index (χ3n) is 1.77. The Hall–Kier alpha value is -2.31. The second-order valence-corrected chi connectivity index (χ2v) is 3.36. The minimum atomic E-state index is -2.95. The highest BCUT2D eigenvalue weighted by molar-refractivity contribution is 6.32. The summed E-state index contributed by atoms with van der Waals surface area (Å²) >= 11 is 5.71. The average molecular weight is 270 g/mol. The van der Waals surface area contributed by atoms with Gasteiger partial charge in [0.1, 0.15) is 23.5 Å². The fourth-order valence-corrected chi connectivity index (χ4v) is 1.25. The molecule has 0 saturated carbocycles. The summed E-state index contributed by atoms with van der Waals surface area (Å²) in [5.74, 6) is -0.151. The minimum Gasteiger partial charge on any atom is -0.433 e. The number of hydrogen-bond donors (Lipinski definition) is 1. The van der Waals surface area contributed by atoms with Crippen LogP contribution in [0.25, 0.3) is 0 Å². The molecule has 1 N–H and O–H groups in total. The summed E-state index contributed by atoms with van der Waals surface area (Å²) in [6.07, 6.45) is 1.18. The highest BCUT2D eigenvalue weighted by Crippen LogP contribution is 2.28. The van der Waals surface area contributed by atoms with Crippen molar-refractivity contribution in [3.05, 3.63) is 35.0 Å². The van der Waals surface area contributed by atoms with Gasteiger partial charge in [0.25, 0.3) is 0 Å². The monoisotopic (exact) mass is 269 g/mol. The molecule has 1 rings (SSSR count). The van der Waals surface area contributed by atoms with Crippen LogP contribution < -0.4 is 10.1 Å². The first-order chi connectivity index (χ1) is 8.56. The van der Waals surface area contributed by atoms with Crippen LogP contribution in [0.5, 0.6) is 5.75 Å². The molecule has 0 saturated heterocycles. The molecule has 18 heavy (non-hydrogen) atoms. The molecule has 7 heteroatoms. The van der Waals surface area contributed by atoms with Crippen LogP contribution in [0.15, 0.2) is 30.0 Å². The summed E-state index contributed by atoms with van der Waals surface area (Å²) in [7, 11) is 0. The molecule has 4 nitrogen and oxygen atoms in total. The lowest BCUT2D eigenvalue weighted by Gasteiger charge is -2.08. The van der Waals surface area contributed by atoms with Gasteiger partial charge in [0, 0.05) is 11.9 Å². The predicted molar refractivity (Wildman–Crippen MR) is 61.0 cm³/mol. The summed E-state index contributed by atoms with van der Waals surface area (Å²) in [4.78, 5) is 0. The van der Waals surface area contributed by atoms with Gasteiger partial charge in [0.05, 0.1) is 5.02 Å². The van der Waals surface area contributed by atoms with E-state index in [2.05, 4.69) is 10.1 Å². The first kappa shape index (κ1) is 13.8. The molecule has 92 valence electrons. The molecule has 0 amide bonds. The number of nitrogens with one attached hydrogen (secondary N) is 1. The third kappa shape index (κ3) is 3.93. The lowest BCUT2D eigenvalue weighted by atomic mass is 10.3. The predicted octanol–water partition coefficient (Wildman–Crippen LogP) is 3.28. The van der Waals surface area contributed by atoms with Gasteiger partial charge in [-0.3, -0.25) is 0 Å². The molecule has 0 bridgehead atoms. The van der Waals surface area contributed by atoms with Crippen molar-refractivity contribution in [1.29, 1.82) is 10.5 Å². The number of anilines is 1. The first-order valence-electron chi connectivity index (χ1n) is 4.58. The fourth-order valence-electron chi connectivity index (χ4n) is 1.03. The molecule has 1 aromatic rings. The summed E-state index contributed by atoms with van der Waals surface area (Å²) < 4.78 is 28.1. The van der Waals surface area contributed by atoms with Gasteiger partial charge in [-0.25, -0.2) is 0 Å². The van der Waals surface area contributed by atoms with Gasteiger partial charge < -0.3 is 10.1 Å². The molecule has 0 aliphatic rings. The van der Waals surface area contributed by atoms with Crippen molar-refractivity contribution in [2.75, 3.05) is 5.32 Å². The lowest BCUT2D eigenvalue weighted by Crippen LogP contribution is -2.02. The Kier molecular flexibility index (Phi) is 4.91. The van der Waals surface area contributed by atoms with E-state index in [1.165, 1.54) is 24.4 Å². The van der Waals surface area contributed by atoms with Gasteiger partial charge in [-0.2, -0.15) is 19.3 Å². The number of halogens is 3. The van der Waals surface area contributed by atoms with E-state index in [4.69, 9.17) is 22.1 Å². The third-order valence-corrected chi connectivity index (χ3v) is 2.07. The summed E-state index contributed by atoms with van der Waals surface area (Å²) in [5.41, 5.74) is 0.309. The highest BCUT2D eigenvalue weighted by Gasteiger charge is 2.08. The molecule has 0 aromatic heterocycles. The summed E-state index contributed by atoms with van der Waals surface area (Å²) in [5, 5.41) is 19.6. The molecule has 0 atom stereocenters. The van der Waals surface area contributed by atoms with E-state index in [-0.39, 0.29) is 16.3 Å². The maximum absolute atomic E-state index is 12.0. The molecule has 0 spiro atoms. The molecule has 1 aromatic carbocycles. The molecule has 0 heterocycles. The number of allylic oxidation sites excluding steroid dienone is 1. The number of alkyl halides is 2. The van der Waals surface area contributed by atoms with Gasteiger partial charge in [-0.15, -0.1) is 0 Å². The largest absolute Gasteiger partial charge is 0.433 e. The Balaban J connectivity index is 2.83. The Morgan fingerprint density at radius 3 is 2.56 bits per heavy atom. The van der Waals surface area contributed by atoms with Gasteiger partial charge in [-0.1, -0.05) is 11.6 Å². The molecule has 0 radical (unpaired) electrons. The quantitative estimate of drug-likeness (QED) is 0.852. The van der Waals surface area contributed by atoms with E-state index in [9.17, 15) is 8.78 Å². The van der Waals surface area contributed by atoms with Crippen LogP contribution in [0.2, 0.25) is 5.02 Å². The van der Waals surface area contributed by atoms with Crippen molar-refractivity contribution < 1.29 is 13.5 Å². The smallest absolute Gasteiger partial charge is 0.387 e. The van der Waals surface area contributed by atoms with E-state index in [0.717, 1.165) is 0 Å². The van der Waals surface area contributed by atoms with Gasteiger partial charge >= 0.3 is 6.61 Å². The molecule has 0 aliphatic carbocycles. The SMILES string of the molecule is N#CC(C#N)=CNc1ccc(OC(F)F)c(Cl)c1. The van der Waals surface area contributed by atoms with E-state index in [0.29, 0.717) is 5.69 Å². The van der Waals surface area contributed by atoms with Crippen LogP contribution in [-0.4, -0.2) is 6.61 Å². The van der Waals surface area contributed by atoms with E-state index < -0.39 is 6.61 Å². The highest BCUT2D eigenvalue weighted by atomic mass is 35.5. The van der Waals surface area contributed by atoms with Gasteiger partial charge in [0.15, 0.2) is 0 Å². The summed E-state index contributed by atoms with van der Waals surface area (Å²) in [6, 6.07) is 7.32. The van der Waals surface area contributed by atoms with Crippen LogP contribution in [-0.2, 0) is 0 Å². The van der Waals surface area contributed by atoms with Crippen LogP contribution in [0.3, 0.4) is 0 Å². The van der Waals surface area contributed by atoms with Crippen molar-refractivity contribution >= 4 is 17.3 Å². The van der Waals surface area contributed by atoms with Gasteiger partial charge in [-0.05, 0) is 18.2 Å². The van der Waals surface area contributed by atoms with Crippen molar-refractivity contribution in [1.82, 2.24) is 0 Å².